The van der Waals surface area contributed by atoms with E-state index in [-0.39, 0.29) is 0 Å². The zero-order chi connectivity index (χ0) is 13.8. The molecule has 19 heavy (non-hydrogen) atoms. The number of carbonyl (C=O) groups is 1. The second-order valence-corrected chi connectivity index (χ2v) is 4.90. The first kappa shape index (κ1) is 13.3. The summed E-state index contributed by atoms with van der Waals surface area (Å²) < 4.78 is 0. The van der Waals surface area contributed by atoms with Gasteiger partial charge in [-0.3, -0.25) is 0 Å². The number of fused-ring (bicyclic) bond motifs is 1. The highest BCUT2D eigenvalue weighted by atomic mass is 16.4. The molecule has 0 unspecified atom stereocenters. The van der Waals surface area contributed by atoms with Crippen LogP contribution in [0, 0.1) is 5.92 Å². The first-order valence-electron chi connectivity index (χ1n) is 6.27. The number of para-hydroxylation sites is 1. The van der Waals surface area contributed by atoms with Crippen LogP contribution in [0.4, 0.5) is 5.82 Å². The van der Waals surface area contributed by atoms with E-state index in [9.17, 15) is 9.90 Å². The van der Waals surface area contributed by atoms with Gasteiger partial charge >= 0.3 is 5.97 Å². The van der Waals surface area contributed by atoms with E-state index in [1.54, 1.807) is 0 Å². The van der Waals surface area contributed by atoms with E-state index in [1.165, 1.54) is 6.33 Å². The predicted molar refractivity (Wildman–Crippen MR) is 74.0 cm³/mol. The van der Waals surface area contributed by atoms with Crippen LogP contribution in [0.2, 0.25) is 0 Å². The molecule has 2 N–H and O–H groups in total. The number of rotatable bonds is 5. The van der Waals surface area contributed by atoms with Crippen molar-refractivity contribution in [3.05, 3.63) is 30.6 Å². The van der Waals surface area contributed by atoms with E-state index < -0.39 is 12.0 Å². The lowest BCUT2D eigenvalue weighted by Gasteiger charge is -2.17. The molecule has 0 amide bonds. The van der Waals surface area contributed by atoms with Gasteiger partial charge in [-0.2, -0.15) is 0 Å². The Hall–Kier alpha value is -2.17. The summed E-state index contributed by atoms with van der Waals surface area (Å²) in [6.45, 7) is 3.99. The minimum Gasteiger partial charge on any atom is -0.480 e. The summed E-state index contributed by atoms with van der Waals surface area (Å²) >= 11 is 0. The molecule has 0 saturated carbocycles. The number of anilines is 1. The standard InChI is InChI=1S/C14H17N3O2/c1-9(2)7-12(14(18)19)17-13-10-5-3-4-6-11(10)15-8-16-13/h3-6,8-9,12H,7H2,1-2H3,(H,18,19)(H,15,16,17)/t12-/m1/s1. The Bertz CT molecular complexity index is 578. The number of carboxylic acids is 1. The summed E-state index contributed by atoms with van der Waals surface area (Å²) in [6.07, 6.45) is 1.99. The van der Waals surface area contributed by atoms with Crippen LogP contribution in [0.15, 0.2) is 30.6 Å². The number of carboxylic acid groups (broad SMARTS) is 1. The monoisotopic (exact) mass is 259 g/mol. The Morgan fingerprint density at radius 3 is 2.74 bits per heavy atom. The minimum atomic E-state index is -0.864. The van der Waals surface area contributed by atoms with E-state index in [2.05, 4.69) is 15.3 Å². The van der Waals surface area contributed by atoms with Gasteiger partial charge in [-0.25, -0.2) is 14.8 Å². The van der Waals surface area contributed by atoms with Crippen LogP contribution >= 0.6 is 0 Å². The second-order valence-electron chi connectivity index (χ2n) is 4.90. The van der Waals surface area contributed by atoms with E-state index in [0.29, 0.717) is 18.2 Å². The fourth-order valence-corrected chi connectivity index (χ4v) is 1.98. The first-order valence-corrected chi connectivity index (χ1v) is 6.27. The molecule has 0 radical (unpaired) electrons. The van der Waals surface area contributed by atoms with Crippen molar-refractivity contribution >= 4 is 22.7 Å². The molecule has 1 aromatic heterocycles. The van der Waals surface area contributed by atoms with Gasteiger partial charge in [0, 0.05) is 5.39 Å². The fourth-order valence-electron chi connectivity index (χ4n) is 1.98. The number of hydrogen-bond donors (Lipinski definition) is 2. The number of benzene rings is 1. The van der Waals surface area contributed by atoms with Crippen LogP contribution in [0.5, 0.6) is 0 Å². The third-order valence-corrected chi connectivity index (χ3v) is 2.86. The molecule has 0 bridgehead atoms. The van der Waals surface area contributed by atoms with Crippen LogP contribution < -0.4 is 5.32 Å². The van der Waals surface area contributed by atoms with Gasteiger partial charge in [0.25, 0.3) is 0 Å². The molecule has 0 spiro atoms. The Morgan fingerprint density at radius 1 is 1.32 bits per heavy atom. The van der Waals surface area contributed by atoms with Gasteiger partial charge in [0.1, 0.15) is 18.2 Å². The van der Waals surface area contributed by atoms with Crippen molar-refractivity contribution in [1.29, 1.82) is 0 Å². The van der Waals surface area contributed by atoms with Gasteiger partial charge < -0.3 is 10.4 Å². The van der Waals surface area contributed by atoms with Gasteiger partial charge in [-0.15, -0.1) is 0 Å². The number of nitrogens with one attached hydrogen (secondary N) is 1. The Labute approximate surface area is 111 Å². The zero-order valence-corrected chi connectivity index (χ0v) is 11.0. The van der Waals surface area contributed by atoms with E-state index in [0.717, 1.165) is 10.9 Å². The van der Waals surface area contributed by atoms with Crippen molar-refractivity contribution in [1.82, 2.24) is 9.97 Å². The fraction of sp³-hybridized carbons (Fsp3) is 0.357. The quantitative estimate of drug-likeness (QED) is 0.863. The number of aliphatic carboxylic acids is 1. The van der Waals surface area contributed by atoms with E-state index >= 15 is 0 Å². The van der Waals surface area contributed by atoms with Gasteiger partial charge in [-0.05, 0) is 24.5 Å². The largest absolute Gasteiger partial charge is 0.480 e. The third-order valence-electron chi connectivity index (χ3n) is 2.86. The Morgan fingerprint density at radius 2 is 2.05 bits per heavy atom. The Kier molecular flexibility index (Phi) is 3.94. The minimum absolute atomic E-state index is 0.293. The molecule has 5 nitrogen and oxygen atoms in total. The van der Waals surface area contributed by atoms with Crippen molar-refractivity contribution in [3.8, 4) is 0 Å². The van der Waals surface area contributed by atoms with Gasteiger partial charge in [-0.1, -0.05) is 26.0 Å². The summed E-state index contributed by atoms with van der Waals surface area (Å²) in [4.78, 5) is 19.6. The lowest BCUT2D eigenvalue weighted by atomic mass is 10.0. The topological polar surface area (TPSA) is 75.1 Å². The molecule has 0 aliphatic carbocycles. The molecule has 1 aromatic carbocycles. The van der Waals surface area contributed by atoms with Gasteiger partial charge in [0.05, 0.1) is 5.52 Å². The molecule has 0 aliphatic rings. The van der Waals surface area contributed by atoms with Crippen LogP contribution in [-0.4, -0.2) is 27.1 Å². The maximum absolute atomic E-state index is 11.3. The number of aromatic nitrogens is 2. The maximum Gasteiger partial charge on any atom is 0.326 e. The van der Waals surface area contributed by atoms with E-state index in [1.807, 2.05) is 38.1 Å². The summed E-state index contributed by atoms with van der Waals surface area (Å²) in [5.74, 6) is -0.00301. The molecule has 0 aliphatic heterocycles. The highest BCUT2D eigenvalue weighted by Gasteiger charge is 2.19. The molecule has 100 valence electrons. The molecule has 0 fully saturated rings. The number of nitrogens with zero attached hydrogens (tertiary/aromatic N) is 2. The molecule has 2 aromatic rings. The average Bonchev–Trinajstić information content (AvgIpc) is 2.37. The van der Waals surface area contributed by atoms with Gasteiger partial charge in [0.15, 0.2) is 0 Å². The zero-order valence-electron chi connectivity index (χ0n) is 11.0. The highest BCUT2D eigenvalue weighted by molar-refractivity contribution is 5.90. The molecule has 1 atom stereocenters. The van der Waals surface area contributed by atoms with Crippen molar-refractivity contribution in [3.63, 3.8) is 0 Å². The van der Waals surface area contributed by atoms with Crippen LogP contribution in [0.1, 0.15) is 20.3 Å². The molecular weight excluding hydrogens is 242 g/mol. The van der Waals surface area contributed by atoms with Gasteiger partial charge in [0.2, 0.25) is 0 Å². The summed E-state index contributed by atoms with van der Waals surface area (Å²) in [5, 5.41) is 13.1. The summed E-state index contributed by atoms with van der Waals surface area (Å²) in [5.41, 5.74) is 0.800. The van der Waals surface area contributed by atoms with Crippen molar-refractivity contribution < 1.29 is 9.90 Å². The van der Waals surface area contributed by atoms with Crippen molar-refractivity contribution in [2.75, 3.05) is 5.32 Å². The van der Waals surface area contributed by atoms with Crippen LogP contribution in [0.25, 0.3) is 10.9 Å². The lowest BCUT2D eigenvalue weighted by molar-refractivity contribution is -0.138. The Balaban J connectivity index is 2.31. The smallest absolute Gasteiger partial charge is 0.326 e. The van der Waals surface area contributed by atoms with Crippen LogP contribution in [-0.2, 0) is 4.79 Å². The summed E-state index contributed by atoms with van der Waals surface area (Å²) in [7, 11) is 0. The SMILES string of the molecule is CC(C)C[C@@H](Nc1ncnc2ccccc12)C(=O)O. The second kappa shape index (κ2) is 5.65. The maximum atomic E-state index is 11.3. The highest BCUT2D eigenvalue weighted by Crippen LogP contribution is 2.20. The van der Waals surface area contributed by atoms with Crippen LogP contribution in [0.3, 0.4) is 0 Å². The number of hydrogen-bond acceptors (Lipinski definition) is 4. The predicted octanol–water partition coefficient (Wildman–Crippen LogP) is 2.54. The lowest BCUT2D eigenvalue weighted by Crippen LogP contribution is -2.31. The first-order chi connectivity index (χ1) is 9.08. The normalized spacial score (nSPS) is 12.6. The molecule has 1 heterocycles. The summed E-state index contributed by atoms with van der Waals surface area (Å²) in [6, 6.07) is 6.89. The molecule has 2 rings (SSSR count). The molecule has 5 heteroatoms. The van der Waals surface area contributed by atoms with Crippen molar-refractivity contribution in [2.24, 2.45) is 5.92 Å². The van der Waals surface area contributed by atoms with E-state index in [4.69, 9.17) is 0 Å². The van der Waals surface area contributed by atoms with Crippen molar-refractivity contribution in [2.45, 2.75) is 26.3 Å². The average molecular weight is 259 g/mol. The molecular formula is C14H17N3O2. The third kappa shape index (κ3) is 3.19. The molecule has 0 saturated heterocycles.